The molecule has 0 aliphatic rings. The fraction of sp³-hybridized carbons (Fsp3) is 0.143. The van der Waals surface area contributed by atoms with Crippen molar-refractivity contribution in [2.45, 2.75) is 13.0 Å². The third-order valence-corrected chi connectivity index (χ3v) is 3.85. The zero-order valence-corrected chi connectivity index (χ0v) is 14.2. The highest BCUT2D eigenvalue weighted by Gasteiger charge is 2.12. The molecule has 2 aromatic carbocycles. The molecular formula is C14H12Br2N2O3. The monoisotopic (exact) mass is 414 g/mol. The van der Waals surface area contributed by atoms with Crippen LogP contribution in [0.15, 0.2) is 45.3 Å². The van der Waals surface area contributed by atoms with Gasteiger partial charge in [-0.2, -0.15) is 0 Å². The lowest BCUT2D eigenvalue weighted by Crippen LogP contribution is -2.04. The molecule has 0 fully saturated rings. The molecule has 0 aromatic heterocycles. The number of rotatable bonds is 4. The molecule has 0 aliphatic heterocycles. The molecule has 0 radical (unpaired) electrons. The van der Waals surface area contributed by atoms with E-state index in [1.54, 1.807) is 12.1 Å². The molecule has 0 spiro atoms. The average Bonchev–Trinajstić information content (AvgIpc) is 2.40. The van der Waals surface area contributed by atoms with E-state index in [4.69, 9.17) is 10.5 Å². The van der Waals surface area contributed by atoms with Crippen molar-refractivity contribution in [3.8, 4) is 11.5 Å². The molecule has 0 heterocycles. The predicted molar refractivity (Wildman–Crippen MR) is 87.6 cm³/mol. The van der Waals surface area contributed by atoms with Crippen molar-refractivity contribution in [1.29, 1.82) is 0 Å². The van der Waals surface area contributed by atoms with Gasteiger partial charge in [-0.1, -0.05) is 22.0 Å². The number of non-ortho nitro benzene ring substituents is 1. The first-order valence-corrected chi connectivity index (χ1v) is 7.63. The van der Waals surface area contributed by atoms with Gasteiger partial charge in [0, 0.05) is 16.6 Å². The quantitative estimate of drug-likeness (QED) is 0.567. The van der Waals surface area contributed by atoms with Crippen molar-refractivity contribution in [2.24, 2.45) is 5.73 Å². The van der Waals surface area contributed by atoms with Gasteiger partial charge < -0.3 is 10.5 Å². The third kappa shape index (κ3) is 4.03. The van der Waals surface area contributed by atoms with Crippen LogP contribution in [-0.2, 0) is 0 Å². The van der Waals surface area contributed by atoms with Crippen LogP contribution in [-0.4, -0.2) is 4.92 Å². The summed E-state index contributed by atoms with van der Waals surface area (Å²) >= 11 is 6.64. The van der Waals surface area contributed by atoms with Crippen molar-refractivity contribution in [1.82, 2.24) is 0 Å². The number of nitrogens with two attached hydrogens (primary N) is 1. The Morgan fingerprint density at radius 2 is 1.95 bits per heavy atom. The Bertz CT molecular complexity index is 690. The van der Waals surface area contributed by atoms with Crippen molar-refractivity contribution in [2.75, 3.05) is 0 Å². The summed E-state index contributed by atoms with van der Waals surface area (Å²) in [4.78, 5) is 10.4. The topological polar surface area (TPSA) is 78.4 Å². The number of hydrogen-bond donors (Lipinski definition) is 1. The van der Waals surface area contributed by atoms with Crippen molar-refractivity contribution < 1.29 is 9.66 Å². The van der Waals surface area contributed by atoms with E-state index in [2.05, 4.69) is 31.9 Å². The van der Waals surface area contributed by atoms with Gasteiger partial charge in [0.15, 0.2) is 0 Å². The highest BCUT2D eigenvalue weighted by atomic mass is 79.9. The largest absolute Gasteiger partial charge is 0.456 e. The van der Waals surface area contributed by atoms with E-state index >= 15 is 0 Å². The minimum Gasteiger partial charge on any atom is -0.456 e. The first-order chi connectivity index (χ1) is 9.86. The van der Waals surface area contributed by atoms with Crippen LogP contribution in [0.4, 0.5) is 5.69 Å². The lowest BCUT2D eigenvalue weighted by atomic mass is 10.1. The van der Waals surface area contributed by atoms with E-state index in [0.717, 1.165) is 10.0 Å². The smallest absolute Gasteiger partial charge is 0.274 e. The highest BCUT2D eigenvalue weighted by Crippen LogP contribution is 2.34. The molecule has 110 valence electrons. The molecule has 1 atom stereocenters. The minimum atomic E-state index is -0.466. The third-order valence-electron chi connectivity index (χ3n) is 2.78. The second-order valence-corrected chi connectivity index (χ2v) is 6.25. The van der Waals surface area contributed by atoms with Crippen molar-refractivity contribution >= 4 is 37.5 Å². The maximum atomic E-state index is 10.9. The summed E-state index contributed by atoms with van der Waals surface area (Å²) in [5, 5.41) is 10.9. The molecule has 21 heavy (non-hydrogen) atoms. The lowest BCUT2D eigenvalue weighted by Gasteiger charge is -2.11. The maximum absolute atomic E-state index is 10.9. The molecule has 0 bridgehead atoms. The maximum Gasteiger partial charge on any atom is 0.274 e. The Morgan fingerprint density at radius 3 is 2.52 bits per heavy atom. The standard InChI is InChI=1S/C14H12Br2N2O3/c1-8(17)9-2-3-14(13(16)4-9)21-12-6-10(15)5-11(7-12)18(19)20/h2-8H,17H2,1H3/t8-/m1/s1. The second kappa shape index (κ2) is 6.55. The van der Waals surface area contributed by atoms with Gasteiger partial charge in [-0.15, -0.1) is 0 Å². The normalized spacial score (nSPS) is 12.0. The lowest BCUT2D eigenvalue weighted by molar-refractivity contribution is -0.385. The Hall–Kier alpha value is -1.44. The van der Waals surface area contributed by atoms with Crippen LogP contribution >= 0.6 is 31.9 Å². The van der Waals surface area contributed by atoms with E-state index in [-0.39, 0.29) is 11.7 Å². The number of halogens is 2. The summed E-state index contributed by atoms with van der Waals surface area (Å²) in [6.45, 7) is 1.89. The van der Waals surface area contributed by atoms with Gasteiger partial charge in [-0.05, 0) is 46.6 Å². The fourth-order valence-electron chi connectivity index (χ4n) is 1.72. The summed E-state index contributed by atoms with van der Waals surface area (Å²) in [5.41, 5.74) is 6.74. The summed E-state index contributed by atoms with van der Waals surface area (Å²) in [5.74, 6) is 0.942. The second-order valence-electron chi connectivity index (χ2n) is 4.48. The molecule has 2 aromatic rings. The van der Waals surface area contributed by atoms with Gasteiger partial charge in [-0.25, -0.2) is 0 Å². The Labute approximate surface area is 138 Å². The van der Waals surface area contributed by atoms with E-state index < -0.39 is 4.92 Å². The first-order valence-electron chi connectivity index (χ1n) is 6.04. The van der Waals surface area contributed by atoms with E-state index in [1.165, 1.54) is 12.1 Å². The summed E-state index contributed by atoms with van der Waals surface area (Å²) < 4.78 is 7.01. The summed E-state index contributed by atoms with van der Waals surface area (Å²) in [6, 6.07) is 9.87. The van der Waals surface area contributed by atoms with Crippen molar-refractivity contribution in [3.05, 3.63) is 61.0 Å². The Balaban J connectivity index is 2.32. The Morgan fingerprint density at radius 1 is 1.24 bits per heavy atom. The molecule has 0 saturated heterocycles. The first kappa shape index (κ1) is 15.9. The predicted octanol–water partition coefficient (Wildman–Crippen LogP) is 4.93. The molecule has 2 N–H and O–H groups in total. The zero-order valence-electron chi connectivity index (χ0n) is 11.0. The van der Waals surface area contributed by atoms with Crippen LogP contribution in [0.2, 0.25) is 0 Å². The number of nitro groups is 1. The molecule has 0 unspecified atom stereocenters. The molecule has 2 rings (SSSR count). The molecule has 0 aliphatic carbocycles. The number of ether oxygens (including phenoxy) is 1. The zero-order chi connectivity index (χ0) is 15.6. The van der Waals surface area contributed by atoms with E-state index in [0.29, 0.717) is 16.0 Å². The molecular weight excluding hydrogens is 404 g/mol. The van der Waals surface area contributed by atoms with Gasteiger partial charge in [0.2, 0.25) is 0 Å². The molecule has 0 amide bonds. The summed E-state index contributed by atoms with van der Waals surface area (Å²) in [6.07, 6.45) is 0. The van der Waals surface area contributed by atoms with Crippen LogP contribution in [0.3, 0.4) is 0 Å². The van der Waals surface area contributed by atoms with Gasteiger partial charge in [0.1, 0.15) is 11.5 Å². The number of nitro benzene ring substituents is 1. The minimum absolute atomic E-state index is 0.0392. The van der Waals surface area contributed by atoms with Gasteiger partial charge in [0.25, 0.3) is 5.69 Å². The Kier molecular flexibility index (Phi) is 4.97. The van der Waals surface area contributed by atoms with Crippen LogP contribution in [0.1, 0.15) is 18.5 Å². The summed E-state index contributed by atoms with van der Waals surface area (Å²) in [7, 11) is 0. The van der Waals surface area contributed by atoms with E-state index in [1.807, 2.05) is 19.1 Å². The number of nitrogens with zero attached hydrogens (tertiary/aromatic N) is 1. The van der Waals surface area contributed by atoms with Gasteiger partial charge >= 0.3 is 0 Å². The number of hydrogen-bond acceptors (Lipinski definition) is 4. The molecule has 7 heteroatoms. The van der Waals surface area contributed by atoms with E-state index in [9.17, 15) is 10.1 Å². The fourth-order valence-corrected chi connectivity index (χ4v) is 2.66. The molecule has 5 nitrogen and oxygen atoms in total. The van der Waals surface area contributed by atoms with Gasteiger partial charge in [0.05, 0.1) is 15.5 Å². The van der Waals surface area contributed by atoms with Gasteiger partial charge in [-0.3, -0.25) is 10.1 Å². The average molecular weight is 416 g/mol. The van der Waals surface area contributed by atoms with Crippen LogP contribution < -0.4 is 10.5 Å². The van der Waals surface area contributed by atoms with Crippen molar-refractivity contribution in [3.63, 3.8) is 0 Å². The van der Waals surface area contributed by atoms with Crippen LogP contribution in [0.5, 0.6) is 11.5 Å². The number of benzene rings is 2. The molecule has 0 saturated carbocycles. The van der Waals surface area contributed by atoms with Crippen LogP contribution in [0.25, 0.3) is 0 Å². The van der Waals surface area contributed by atoms with Crippen LogP contribution in [0, 0.1) is 10.1 Å². The SMILES string of the molecule is C[C@@H](N)c1ccc(Oc2cc(Br)cc([N+](=O)[O-])c2)c(Br)c1. The highest BCUT2D eigenvalue weighted by molar-refractivity contribution is 9.10.